The third-order valence-electron chi connectivity index (χ3n) is 13.3. The zero-order valence-corrected chi connectivity index (χ0v) is 27.0. The Labute approximate surface area is 275 Å². The topological polar surface area (TPSA) is 158 Å². The number of hydrogen-bond acceptors (Lipinski definition) is 10. The summed E-state index contributed by atoms with van der Waals surface area (Å²) in [6.07, 6.45) is -8.37. The number of aliphatic hydroxyl groups is 4. The Balaban J connectivity index is 1.29. The zero-order chi connectivity index (χ0) is 36.4. The zero-order valence-electron chi connectivity index (χ0n) is 31.0. The lowest BCUT2D eigenvalue weighted by atomic mass is 9.33. The Hall–Kier alpha value is -1.99. The van der Waals surface area contributed by atoms with Gasteiger partial charge in [0.05, 0.1) is 5.60 Å². The minimum Gasteiger partial charge on any atom is -0.482 e. The van der Waals surface area contributed by atoms with Gasteiger partial charge in [-0.2, -0.15) is 0 Å². The number of rotatable bonds is 7. The van der Waals surface area contributed by atoms with Crippen LogP contribution in [0.4, 0.5) is 0 Å². The van der Waals surface area contributed by atoms with Gasteiger partial charge in [-0.25, -0.2) is 4.79 Å². The highest BCUT2D eigenvalue weighted by Gasteiger charge is 2.82. The van der Waals surface area contributed by atoms with Gasteiger partial charge in [0, 0.05) is 47.4 Å². The number of nitrogens with zero attached hydrogens (tertiary/aromatic N) is 1. The van der Waals surface area contributed by atoms with Gasteiger partial charge in [-0.15, -0.1) is 0 Å². The van der Waals surface area contributed by atoms with Crippen LogP contribution in [0.5, 0.6) is 11.5 Å². The molecule has 13 atom stereocenters. The maximum Gasteiger partial charge on any atom is 0.335 e. The summed E-state index contributed by atoms with van der Waals surface area (Å²) in [7, 11) is 1.65. The molecule has 46 heavy (non-hydrogen) atoms. The fourth-order valence-electron chi connectivity index (χ4n) is 10.5. The average Bonchev–Trinajstić information content (AvgIpc) is 3.54. The summed E-state index contributed by atoms with van der Waals surface area (Å²) in [5.41, 5.74) is -2.25. The van der Waals surface area contributed by atoms with Crippen molar-refractivity contribution in [2.24, 2.45) is 22.7 Å². The van der Waals surface area contributed by atoms with Gasteiger partial charge in [0.15, 0.2) is 17.6 Å². The molecule has 1 aromatic carbocycles. The van der Waals surface area contributed by atoms with Crippen molar-refractivity contribution < 1.29 is 54.8 Å². The molecule has 5 aliphatic carbocycles. The Bertz CT molecular complexity index is 1620. The molecular weight excluding hydrogens is 594 g/mol. The van der Waals surface area contributed by atoms with Gasteiger partial charge in [-0.1, -0.05) is 26.8 Å². The van der Waals surface area contributed by atoms with Gasteiger partial charge in [-0.3, -0.25) is 4.90 Å². The summed E-state index contributed by atoms with van der Waals surface area (Å²) in [6.45, 7) is 6.27. The van der Waals surface area contributed by atoms with Crippen LogP contribution in [0.25, 0.3) is 0 Å². The van der Waals surface area contributed by atoms with Crippen LogP contribution in [0.2, 0.25) is 0 Å². The first-order chi connectivity index (χ1) is 23.1. The van der Waals surface area contributed by atoms with Gasteiger partial charge >= 0.3 is 5.97 Å². The van der Waals surface area contributed by atoms with E-state index in [-0.39, 0.29) is 18.2 Å². The highest BCUT2D eigenvalue weighted by molar-refractivity contribution is 5.73. The van der Waals surface area contributed by atoms with Crippen LogP contribution >= 0.6 is 0 Å². The average molecular weight is 648 g/mol. The van der Waals surface area contributed by atoms with E-state index in [1.807, 2.05) is 38.7 Å². The number of benzene rings is 1. The fraction of sp³-hybridized carbons (Fsp3) is 0.800. The van der Waals surface area contributed by atoms with Gasteiger partial charge in [-0.05, 0) is 81.3 Å². The molecule has 3 unspecified atom stereocenters. The SMILES string of the molecule is [2H]C1([2H])CC1C([2H])([2H])N1CC[C@]23c4c5ccc(O[C@@H]6O[C@H](C(=O)O)[C@@H](O)[C@H](O)[C@H]6O)c4O[C@H]2[C@@]2(OC)CC[C@@]3(CC2C(C)(O)C(C)(C)C)[C@H]1C5. The van der Waals surface area contributed by atoms with Crippen molar-refractivity contribution in [2.45, 2.75) is 132 Å². The maximum atomic E-state index is 12.5. The molecule has 0 radical (unpaired) electrons. The van der Waals surface area contributed by atoms with Crippen molar-refractivity contribution >= 4 is 5.97 Å². The van der Waals surface area contributed by atoms with Crippen LogP contribution in [-0.2, 0) is 26.1 Å². The molecule has 8 aliphatic rings. The maximum absolute atomic E-state index is 12.5. The van der Waals surface area contributed by atoms with E-state index in [1.165, 1.54) is 0 Å². The number of carbonyl (C=O) groups is 1. The number of aliphatic hydroxyl groups excluding tert-OH is 3. The number of aliphatic carboxylic acids is 1. The molecule has 254 valence electrons. The van der Waals surface area contributed by atoms with Crippen LogP contribution in [0.3, 0.4) is 0 Å². The molecule has 0 amide bonds. The first-order valence-electron chi connectivity index (χ1n) is 18.6. The van der Waals surface area contributed by atoms with E-state index >= 15 is 0 Å². The lowest BCUT2D eigenvalue weighted by molar-refractivity contribution is -0.312. The Morgan fingerprint density at radius 2 is 1.89 bits per heavy atom. The smallest absolute Gasteiger partial charge is 0.335 e. The van der Waals surface area contributed by atoms with Gasteiger partial charge in [0.1, 0.15) is 30.0 Å². The van der Waals surface area contributed by atoms with Crippen molar-refractivity contribution in [3.8, 4) is 11.5 Å². The second-order valence-corrected chi connectivity index (χ2v) is 16.0. The number of piperidine rings is 1. The second kappa shape index (κ2) is 9.80. The molecule has 3 heterocycles. The highest BCUT2D eigenvalue weighted by atomic mass is 16.7. The number of carboxylic acid groups (broad SMARTS) is 1. The van der Waals surface area contributed by atoms with Crippen molar-refractivity contribution in [2.75, 3.05) is 20.2 Å². The van der Waals surface area contributed by atoms with Gasteiger partial charge < -0.3 is 44.5 Å². The minimum atomic E-state index is -1.90. The number of methoxy groups -OCH3 is 1. The lowest BCUT2D eigenvalue weighted by Gasteiger charge is -2.75. The van der Waals surface area contributed by atoms with Crippen molar-refractivity contribution in [1.29, 1.82) is 0 Å². The lowest BCUT2D eigenvalue weighted by Crippen LogP contribution is -2.83. The summed E-state index contributed by atoms with van der Waals surface area (Å²) in [5, 5.41) is 53.7. The van der Waals surface area contributed by atoms with E-state index in [9.17, 15) is 33.1 Å². The molecule has 4 saturated carbocycles. The van der Waals surface area contributed by atoms with Gasteiger partial charge in [0.2, 0.25) is 6.29 Å². The van der Waals surface area contributed by atoms with Gasteiger partial charge in [0.25, 0.3) is 0 Å². The van der Waals surface area contributed by atoms with E-state index in [0.717, 1.165) is 11.1 Å². The Morgan fingerprint density at radius 1 is 1.15 bits per heavy atom. The molecule has 5 N–H and O–H groups in total. The number of fused-ring (bicyclic) bond motifs is 2. The second-order valence-electron chi connectivity index (χ2n) is 16.0. The van der Waals surface area contributed by atoms with Crippen molar-refractivity contribution in [3.63, 3.8) is 0 Å². The third kappa shape index (κ3) is 3.76. The predicted molar refractivity (Wildman–Crippen MR) is 163 cm³/mol. The molecule has 3 aliphatic heterocycles. The molecule has 11 nitrogen and oxygen atoms in total. The van der Waals surface area contributed by atoms with Crippen LogP contribution in [0, 0.1) is 22.7 Å². The first-order valence-corrected chi connectivity index (χ1v) is 16.6. The molecule has 1 aromatic rings. The monoisotopic (exact) mass is 647 g/mol. The van der Waals surface area contributed by atoms with Crippen LogP contribution in [-0.4, -0.2) is 111 Å². The van der Waals surface area contributed by atoms with E-state index in [0.29, 0.717) is 44.4 Å². The van der Waals surface area contributed by atoms with E-state index < -0.39 is 94.9 Å². The summed E-state index contributed by atoms with van der Waals surface area (Å²) in [4.78, 5) is 13.8. The molecule has 9 rings (SSSR count). The highest BCUT2D eigenvalue weighted by Crippen LogP contribution is 2.78. The summed E-state index contributed by atoms with van der Waals surface area (Å²) >= 11 is 0. The molecule has 2 spiro atoms. The first kappa shape index (κ1) is 26.9. The number of carboxylic acids is 1. The fourth-order valence-corrected chi connectivity index (χ4v) is 10.5. The summed E-state index contributed by atoms with van der Waals surface area (Å²) < 4.78 is 60.8. The number of ether oxygens (including phenoxy) is 4. The number of hydrogen-bond donors (Lipinski definition) is 5. The minimum absolute atomic E-state index is 0.159. The van der Waals surface area contributed by atoms with Crippen LogP contribution in [0.1, 0.15) is 82.8 Å². The van der Waals surface area contributed by atoms with Crippen molar-refractivity contribution in [1.82, 2.24) is 4.90 Å². The summed E-state index contributed by atoms with van der Waals surface area (Å²) in [6, 6.07) is 3.18. The largest absolute Gasteiger partial charge is 0.482 e. The Kier molecular flexibility index (Phi) is 5.73. The third-order valence-corrected chi connectivity index (χ3v) is 13.3. The standard InChI is InChI=1S/C35H49NO10/c1-31(2,3)32(4,42)20-15-33-10-11-35(20,43-5)30-34(33)12-13-36(16-17-6-7-17)21(33)14-18-8-9-19(26(46-30)22(18)34)44-29-25(39)23(37)24(38)27(45-29)28(40)41/h8-9,17,20-21,23-25,27,29-30,37-39,42H,6-7,10-16H2,1-5H3,(H,40,41)/t20?,21-,23+,24+,25-,27+,29-,30-,32?,33-,34+,35-/m1/s1/i6D2,16D2/t17?,20?,21-,23+,24+,25-,27+,29-,30-,32?,33-,34+,35-. The molecule has 0 aromatic heterocycles. The Morgan fingerprint density at radius 3 is 2.54 bits per heavy atom. The molecular formula is C35H49NO10. The molecule has 6 fully saturated rings. The van der Waals surface area contributed by atoms with Crippen LogP contribution < -0.4 is 9.47 Å². The molecule has 2 saturated heterocycles. The van der Waals surface area contributed by atoms with E-state index in [1.54, 1.807) is 13.2 Å². The predicted octanol–water partition coefficient (Wildman–Crippen LogP) is 1.98. The quantitative estimate of drug-likeness (QED) is 0.295. The number of likely N-dealkylation sites (tertiary alicyclic amines) is 1. The van der Waals surface area contributed by atoms with Crippen molar-refractivity contribution in [3.05, 3.63) is 23.3 Å². The molecule has 11 heteroatoms. The normalized spacial score (nSPS) is 49.4. The van der Waals surface area contributed by atoms with E-state index in [4.69, 9.17) is 21.7 Å². The van der Waals surface area contributed by atoms with Crippen LogP contribution in [0.15, 0.2) is 12.1 Å². The molecule has 4 bridgehead atoms. The summed E-state index contributed by atoms with van der Waals surface area (Å²) in [5.74, 6) is -2.17. The van der Waals surface area contributed by atoms with E-state index in [2.05, 4.69) is 0 Å².